The molecule has 0 saturated carbocycles. The Kier molecular flexibility index (Phi) is 2.90. The molecule has 106 valence electrons. The van der Waals surface area contributed by atoms with Crippen molar-refractivity contribution in [2.75, 3.05) is 11.1 Å². The standard InChI is InChI=1S/C13H10FN5O2/c14-9-2-1-7(3-10(9)15)11-6-19-5-8(17-13(20)21)4-16-12(19)18-11/h1-6,17H,15H2,(H,20,21). The number of amides is 1. The highest BCUT2D eigenvalue weighted by molar-refractivity contribution is 5.82. The minimum Gasteiger partial charge on any atom is -0.465 e. The number of nitrogens with zero attached hydrogens (tertiary/aromatic N) is 3. The molecular weight excluding hydrogens is 277 g/mol. The summed E-state index contributed by atoms with van der Waals surface area (Å²) in [6.07, 6.45) is 3.38. The van der Waals surface area contributed by atoms with Crippen LogP contribution < -0.4 is 11.1 Å². The molecule has 2 heterocycles. The van der Waals surface area contributed by atoms with E-state index in [1.54, 1.807) is 22.9 Å². The number of nitrogens with one attached hydrogen (secondary N) is 1. The first-order valence-electron chi connectivity index (χ1n) is 5.93. The number of anilines is 2. The molecular formula is C13H10FN5O2. The normalized spacial score (nSPS) is 10.7. The minimum absolute atomic E-state index is 0.0331. The Labute approximate surface area is 117 Å². The number of carboxylic acid groups (broad SMARTS) is 1. The minimum atomic E-state index is -1.18. The van der Waals surface area contributed by atoms with Crippen molar-refractivity contribution in [1.29, 1.82) is 0 Å². The van der Waals surface area contributed by atoms with Crippen LogP contribution in [0.5, 0.6) is 0 Å². The lowest BCUT2D eigenvalue weighted by molar-refractivity contribution is 0.209. The van der Waals surface area contributed by atoms with Crippen LogP contribution in [-0.2, 0) is 0 Å². The zero-order chi connectivity index (χ0) is 15.0. The Morgan fingerprint density at radius 3 is 2.90 bits per heavy atom. The third-order valence-corrected chi connectivity index (χ3v) is 2.85. The van der Waals surface area contributed by atoms with Gasteiger partial charge in [-0.3, -0.25) is 9.72 Å². The monoisotopic (exact) mass is 287 g/mol. The summed E-state index contributed by atoms with van der Waals surface area (Å²) >= 11 is 0. The maximum atomic E-state index is 13.2. The number of halogens is 1. The Balaban J connectivity index is 2.04. The third-order valence-electron chi connectivity index (χ3n) is 2.85. The van der Waals surface area contributed by atoms with Crippen LogP contribution in [0.25, 0.3) is 17.0 Å². The molecule has 21 heavy (non-hydrogen) atoms. The quantitative estimate of drug-likeness (QED) is 0.627. The smallest absolute Gasteiger partial charge is 0.409 e. The number of aromatic nitrogens is 3. The summed E-state index contributed by atoms with van der Waals surface area (Å²) < 4.78 is 14.7. The lowest BCUT2D eigenvalue weighted by Gasteiger charge is -1.99. The topological polar surface area (TPSA) is 106 Å². The second kappa shape index (κ2) is 4.75. The van der Waals surface area contributed by atoms with Gasteiger partial charge in [-0.05, 0) is 18.2 Å². The van der Waals surface area contributed by atoms with E-state index in [9.17, 15) is 9.18 Å². The number of fused-ring (bicyclic) bond motifs is 1. The van der Waals surface area contributed by atoms with Gasteiger partial charge >= 0.3 is 6.09 Å². The van der Waals surface area contributed by atoms with Gasteiger partial charge < -0.3 is 10.8 Å². The highest BCUT2D eigenvalue weighted by Gasteiger charge is 2.08. The van der Waals surface area contributed by atoms with Gasteiger partial charge in [0.1, 0.15) is 5.82 Å². The fraction of sp³-hybridized carbons (Fsp3) is 0. The third kappa shape index (κ3) is 2.46. The summed E-state index contributed by atoms with van der Waals surface area (Å²) in [5, 5.41) is 10.9. The molecule has 0 aliphatic heterocycles. The van der Waals surface area contributed by atoms with Gasteiger partial charge in [0.25, 0.3) is 0 Å². The number of rotatable bonds is 2. The summed E-state index contributed by atoms with van der Waals surface area (Å²) in [5.74, 6) is -0.0996. The molecule has 1 amide bonds. The van der Waals surface area contributed by atoms with Gasteiger partial charge in [0, 0.05) is 18.0 Å². The van der Waals surface area contributed by atoms with E-state index in [0.29, 0.717) is 22.7 Å². The van der Waals surface area contributed by atoms with E-state index < -0.39 is 11.9 Å². The van der Waals surface area contributed by atoms with Gasteiger partial charge in [-0.25, -0.2) is 19.2 Å². The summed E-state index contributed by atoms with van der Waals surface area (Å²) in [4.78, 5) is 18.9. The largest absolute Gasteiger partial charge is 0.465 e. The van der Waals surface area contributed by atoms with Crippen molar-refractivity contribution in [3.05, 3.63) is 42.6 Å². The summed E-state index contributed by atoms with van der Waals surface area (Å²) in [5.41, 5.74) is 7.08. The molecule has 4 N–H and O–H groups in total. The number of carbonyl (C=O) groups is 1. The maximum absolute atomic E-state index is 13.2. The molecule has 0 aliphatic carbocycles. The summed E-state index contributed by atoms with van der Waals surface area (Å²) in [6.45, 7) is 0. The molecule has 8 heteroatoms. The molecule has 0 radical (unpaired) electrons. The first-order chi connectivity index (χ1) is 10.0. The van der Waals surface area contributed by atoms with Crippen LogP contribution in [0.1, 0.15) is 0 Å². The van der Waals surface area contributed by atoms with E-state index >= 15 is 0 Å². The Morgan fingerprint density at radius 1 is 1.38 bits per heavy atom. The van der Waals surface area contributed by atoms with Crippen LogP contribution >= 0.6 is 0 Å². The molecule has 0 spiro atoms. The van der Waals surface area contributed by atoms with Crippen molar-refractivity contribution in [3.8, 4) is 11.3 Å². The van der Waals surface area contributed by atoms with Crippen LogP contribution in [0.3, 0.4) is 0 Å². The molecule has 1 aromatic carbocycles. The van der Waals surface area contributed by atoms with Crippen LogP contribution in [0, 0.1) is 5.82 Å². The zero-order valence-electron chi connectivity index (χ0n) is 10.6. The van der Waals surface area contributed by atoms with Crippen molar-refractivity contribution in [3.63, 3.8) is 0 Å². The van der Waals surface area contributed by atoms with Gasteiger partial charge in [0.05, 0.1) is 23.3 Å². The Bertz CT molecular complexity index is 846. The lowest BCUT2D eigenvalue weighted by Crippen LogP contribution is -2.08. The van der Waals surface area contributed by atoms with Crippen LogP contribution in [0.2, 0.25) is 0 Å². The van der Waals surface area contributed by atoms with E-state index in [2.05, 4.69) is 15.3 Å². The van der Waals surface area contributed by atoms with Crippen LogP contribution in [0.4, 0.5) is 20.6 Å². The lowest BCUT2D eigenvalue weighted by atomic mass is 10.1. The first-order valence-corrected chi connectivity index (χ1v) is 5.93. The molecule has 0 unspecified atom stereocenters. The average Bonchev–Trinajstić information content (AvgIpc) is 2.84. The SMILES string of the molecule is Nc1cc(-c2cn3cc(NC(=O)O)cnc3n2)ccc1F. The van der Waals surface area contributed by atoms with E-state index in [0.717, 1.165) is 0 Å². The Morgan fingerprint density at radius 2 is 2.19 bits per heavy atom. The van der Waals surface area contributed by atoms with Crippen molar-refractivity contribution in [2.24, 2.45) is 0 Å². The second-order valence-corrected chi connectivity index (χ2v) is 4.34. The maximum Gasteiger partial charge on any atom is 0.409 e. The predicted molar refractivity (Wildman–Crippen MR) is 74.4 cm³/mol. The van der Waals surface area contributed by atoms with Gasteiger partial charge in [0.15, 0.2) is 0 Å². The number of benzene rings is 1. The van der Waals surface area contributed by atoms with Gasteiger partial charge in [0.2, 0.25) is 5.78 Å². The van der Waals surface area contributed by atoms with E-state index in [-0.39, 0.29) is 5.69 Å². The van der Waals surface area contributed by atoms with Gasteiger partial charge in [-0.15, -0.1) is 0 Å². The molecule has 0 bridgehead atoms. The van der Waals surface area contributed by atoms with Crippen molar-refractivity contribution in [1.82, 2.24) is 14.4 Å². The van der Waals surface area contributed by atoms with Crippen molar-refractivity contribution >= 4 is 23.2 Å². The van der Waals surface area contributed by atoms with Gasteiger partial charge in [-0.1, -0.05) is 0 Å². The fourth-order valence-electron chi connectivity index (χ4n) is 1.91. The molecule has 3 aromatic rings. The highest BCUT2D eigenvalue weighted by Crippen LogP contribution is 2.23. The molecule has 2 aromatic heterocycles. The summed E-state index contributed by atoms with van der Waals surface area (Å²) in [7, 11) is 0. The number of nitrogens with two attached hydrogens (primary N) is 1. The molecule has 0 saturated heterocycles. The number of nitrogen functional groups attached to an aromatic ring is 1. The predicted octanol–water partition coefficient (Wildman–Crippen LogP) is 2.21. The number of imidazole rings is 1. The Hall–Kier alpha value is -3.16. The molecule has 0 fully saturated rings. The molecule has 0 atom stereocenters. The van der Waals surface area contributed by atoms with Gasteiger partial charge in [-0.2, -0.15) is 0 Å². The van der Waals surface area contributed by atoms with Crippen LogP contribution in [0.15, 0.2) is 36.8 Å². The number of hydrogen-bond acceptors (Lipinski definition) is 4. The average molecular weight is 287 g/mol. The van der Waals surface area contributed by atoms with Crippen molar-refractivity contribution < 1.29 is 14.3 Å². The fourth-order valence-corrected chi connectivity index (χ4v) is 1.91. The van der Waals surface area contributed by atoms with E-state index in [1.807, 2.05) is 0 Å². The van der Waals surface area contributed by atoms with Crippen LogP contribution in [-0.4, -0.2) is 25.6 Å². The van der Waals surface area contributed by atoms with Crippen molar-refractivity contribution in [2.45, 2.75) is 0 Å². The second-order valence-electron chi connectivity index (χ2n) is 4.34. The van der Waals surface area contributed by atoms with E-state index in [1.165, 1.54) is 18.3 Å². The molecule has 7 nitrogen and oxygen atoms in total. The van der Waals surface area contributed by atoms with E-state index in [4.69, 9.17) is 10.8 Å². The first kappa shape index (κ1) is 12.9. The zero-order valence-corrected chi connectivity index (χ0v) is 10.6. The molecule has 3 rings (SSSR count). The summed E-state index contributed by atoms with van der Waals surface area (Å²) in [6, 6.07) is 4.30. The molecule has 0 aliphatic rings. The number of hydrogen-bond donors (Lipinski definition) is 3. The highest BCUT2D eigenvalue weighted by atomic mass is 19.1.